The molecular formula is C16H18O2S. The summed E-state index contributed by atoms with van der Waals surface area (Å²) in [6.07, 6.45) is -0.552. The van der Waals surface area contributed by atoms with Crippen LogP contribution in [-0.2, 0) is 0 Å². The van der Waals surface area contributed by atoms with Crippen LogP contribution < -0.4 is 4.74 Å². The Morgan fingerprint density at radius 2 is 1.79 bits per heavy atom. The quantitative estimate of drug-likeness (QED) is 0.905. The van der Waals surface area contributed by atoms with Gasteiger partial charge in [-0.3, -0.25) is 0 Å². The van der Waals surface area contributed by atoms with Gasteiger partial charge in [0, 0.05) is 15.4 Å². The Balaban J connectivity index is 2.36. The third-order valence-corrected chi connectivity index (χ3v) is 4.00. The Labute approximate surface area is 118 Å². The molecule has 1 N–H and O–H groups in total. The molecule has 0 radical (unpaired) electrons. The smallest absolute Gasteiger partial charge is 0.125 e. The summed E-state index contributed by atoms with van der Waals surface area (Å²) in [4.78, 5) is 2.18. The largest absolute Gasteiger partial charge is 0.496 e. The second kappa shape index (κ2) is 6.13. The zero-order valence-corrected chi connectivity index (χ0v) is 12.2. The molecule has 0 bridgehead atoms. The summed E-state index contributed by atoms with van der Waals surface area (Å²) in [5.74, 6) is 0.729. The van der Waals surface area contributed by atoms with E-state index in [2.05, 4.69) is 31.2 Å². The predicted molar refractivity (Wildman–Crippen MR) is 78.9 cm³/mol. The van der Waals surface area contributed by atoms with E-state index in [1.54, 1.807) is 25.8 Å². The molecule has 1 atom stereocenters. The van der Waals surface area contributed by atoms with Crippen molar-refractivity contribution in [1.82, 2.24) is 0 Å². The number of hydrogen-bond acceptors (Lipinski definition) is 3. The first kappa shape index (κ1) is 14.0. The van der Waals surface area contributed by atoms with E-state index in [0.29, 0.717) is 0 Å². The Morgan fingerprint density at radius 1 is 1.11 bits per heavy atom. The van der Waals surface area contributed by atoms with E-state index in [0.717, 1.165) is 21.1 Å². The maximum atomic E-state index is 9.95. The van der Waals surface area contributed by atoms with Crippen molar-refractivity contribution in [2.75, 3.05) is 7.11 Å². The number of methoxy groups -OCH3 is 1. The SMILES string of the molecule is COc1cccc(Sc2ccc(C)cc2)c1[C@@H](C)O. The average Bonchev–Trinajstić information content (AvgIpc) is 2.40. The topological polar surface area (TPSA) is 29.5 Å². The lowest BCUT2D eigenvalue weighted by Crippen LogP contribution is -1.98. The molecule has 2 nitrogen and oxygen atoms in total. The number of hydrogen-bond donors (Lipinski definition) is 1. The minimum atomic E-state index is -0.552. The minimum absolute atomic E-state index is 0.552. The number of benzene rings is 2. The van der Waals surface area contributed by atoms with Crippen LogP contribution in [0, 0.1) is 6.92 Å². The highest BCUT2D eigenvalue weighted by atomic mass is 32.2. The van der Waals surface area contributed by atoms with Crippen molar-refractivity contribution < 1.29 is 9.84 Å². The summed E-state index contributed by atoms with van der Waals surface area (Å²) < 4.78 is 5.33. The van der Waals surface area contributed by atoms with Gasteiger partial charge >= 0.3 is 0 Å². The normalized spacial score (nSPS) is 12.2. The first-order valence-corrected chi connectivity index (χ1v) is 7.03. The third-order valence-electron chi connectivity index (χ3n) is 2.91. The molecule has 0 amide bonds. The van der Waals surface area contributed by atoms with Gasteiger partial charge in [-0.2, -0.15) is 0 Å². The van der Waals surface area contributed by atoms with E-state index >= 15 is 0 Å². The van der Waals surface area contributed by atoms with Gasteiger partial charge in [0.15, 0.2) is 0 Å². The first-order valence-electron chi connectivity index (χ1n) is 6.21. The number of rotatable bonds is 4. The van der Waals surface area contributed by atoms with E-state index in [-0.39, 0.29) is 0 Å². The van der Waals surface area contributed by atoms with E-state index in [1.807, 2.05) is 18.2 Å². The summed E-state index contributed by atoms with van der Waals surface area (Å²) >= 11 is 1.64. The molecule has 0 aliphatic heterocycles. The third kappa shape index (κ3) is 3.31. The molecule has 3 heteroatoms. The zero-order chi connectivity index (χ0) is 13.8. The molecule has 19 heavy (non-hydrogen) atoms. The molecule has 0 aliphatic carbocycles. The van der Waals surface area contributed by atoms with Crippen LogP contribution >= 0.6 is 11.8 Å². The summed E-state index contributed by atoms with van der Waals surface area (Å²) in [6, 6.07) is 14.2. The highest BCUT2D eigenvalue weighted by molar-refractivity contribution is 7.99. The molecule has 0 saturated carbocycles. The van der Waals surface area contributed by atoms with Gasteiger partial charge in [-0.05, 0) is 38.1 Å². The van der Waals surface area contributed by atoms with Crippen molar-refractivity contribution in [2.45, 2.75) is 29.7 Å². The van der Waals surface area contributed by atoms with Gasteiger partial charge in [-0.15, -0.1) is 0 Å². The van der Waals surface area contributed by atoms with Crippen molar-refractivity contribution >= 4 is 11.8 Å². The van der Waals surface area contributed by atoms with Gasteiger partial charge in [0.25, 0.3) is 0 Å². The Morgan fingerprint density at radius 3 is 2.37 bits per heavy atom. The summed E-state index contributed by atoms with van der Waals surface area (Å²) in [5.41, 5.74) is 2.08. The monoisotopic (exact) mass is 274 g/mol. The summed E-state index contributed by atoms with van der Waals surface area (Å²) in [6.45, 7) is 3.83. The number of ether oxygens (including phenoxy) is 1. The van der Waals surface area contributed by atoms with Crippen LogP contribution in [-0.4, -0.2) is 12.2 Å². The van der Waals surface area contributed by atoms with Gasteiger partial charge in [-0.1, -0.05) is 35.5 Å². The second-order valence-electron chi connectivity index (χ2n) is 4.46. The molecule has 0 aromatic heterocycles. The van der Waals surface area contributed by atoms with Gasteiger partial charge in [0.1, 0.15) is 5.75 Å². The van der Waals surface area contributed by atoms with E-state index in [9.17, 15) is 5.11 Å². The molecule has 0 spiro atoms. The number of aliphatic hydroxyl groups is 1. The maximum Gasteiger partial charge on any atom is 0.125 e. The maximum absolute atomic E-state index is 9.95. The van der Waals surface area contributed by atoms with E-state index in [4.69, 9.17) is 4.74 Å². The molecule has 0 heterocycles. The summed E-state index contributed by atoms with van der Waals surface area (Å²) in [7, 11) is 1.63. The van der Waals surface area contributed by atoms with Crippen molar-refractivity contribution in [1.29, 1.82) is 0 Å². The lowest BCUT2D eigenvalue weighted by atomic mass is 10.1. The van der Waals surface area contributed by atoms with Crippen LogP contribution in [0.1, 0.15) is 24.2 Å². The molecule has 0 fully saturated rings. The van der Waals surface area contributed by atoms with Crippen LogP contribution in [0.3, 0.4) is 0 Å². The van der Waals surface area contributed by atoms with Gasteiger partial charge in [0.05, 0.1) is 13.2 Å². The second-order valence-corrected chi connectivity index (χ2v) is 5.58. The number of aliphatic hydroxyl groups excluding tert-OH is 1. The zero-order valence-electron chi connectivity index (χ0n) is 11.4. The average molecular weight is 274 g/mol. The van der Waals surface area contributed by atoms with Crippen LogP contribution in [0.15, 0.2) is 52.3 Å². The fourth-order valence-corrected chi connectivity index (χ4v) is 2.99. The molecule has 2 aromatic rings. The van der Waals surface area contributed by atoms with Gasteiger partial charge in [-0.25, -0.2) is 0 Å². The fourth-order valence-electron chi connectivity index (χ4n) is 1.94. The molecule has 0 unspecified atom stereocenters. The number of aryl methyl sites for hydroxylation is 1. The van der Waals surface area contributed by atoms with Gasteiger partial charge in [0.2, 0.25) is 0 Å². The van der Waals surface area contributed by atoms with Crippen LogP contribution in [0.5, 0.6) is 5.75 Å². The highest BCUT2D eigenvalue weighted by Gasteiger charge is 2.14. The van der Waals surface area contributed by atoms with E-state index < -0.39 is 6.10 Å². The standard InChI is InChI=1S/C16H18O2S/c1-11-7-9-13(10-8-11)19-15-6-4-5-14(18-3)16(15)12(2)17/h4-10,12,17H,1-3H3/t12-/m1/s1. The molecule has 2 aromatic carbocycles. The van der Waals surface area contributed by atoms with Gasteiger partial charge < -0.3 is 9.84 Å². The van der Waals surface area contributed by atoms with Crippen molar-refractivity contribution in [3.63, 3.8) is 0 Å². The van der Waals surface area contributed by atoms with Crippen LogP contribution in [0.2, 0.25) is 0 Å². The lowest BCUT2D eigenvalue weighted by Gasteiger charge is -2.15. The van der Waals surface area contributed by atoms with Crippen LogP contribution in [0.4, 0.5) is 0 Å². The fraction of sp³-hybridized carbons (Fsp3) is 0.250. The lowest BCUT2D eigenvalue weighted by molar-refractivity contribution is 0.191. The van der Waals surface area contributed by atoms with Crippen molar-refractivity contribution in [3.05, 3.63) is 53.6 Å². The highest BCUT2D eigenvalue weighted by Crippen LogP contribution is 2.38. The van der Waals surface area contributed by atoms with Crippen LogP contribution in [0.25, 0.3) is 0 Å². The Kier molecular flexibility index (Phi) is 4.51. The molecular weight excluding hydrogens is 256 g/mol. The Bertz CT molecular complexity index is 547. The Hall–Kier alpha value is -1.45. The minimum Gasteiger partial charge on any atom is -0.496 e. The molecule has 2 rings (SSSR count). The molecule has 100 valence electrons. The first-order chi connectivity index (χ1) is 9.11. The van der Waals surface area contributed by atoms with Crippen molar-refractivity contribution in [3.8, 4) is 5.75 Å². The predicted octanol–water partition coefficient (Wildman–Crippen LogP) is 4.21. The summed E-state index contributed by atoms with van der Waals surface area (Å²) in [5, 5.41) is 9.95. The van der Waals surface area contributed by atoms with Crippen molar-refractivity contribution in [2.24, 2.45) is 0 Å². The van der Waals surface area contributed by atoms with E-state index in [1.165, 1.54) is 5.56 Å². The molecule has 0 saturated heterocycles. The molecule has 0 aliphatic rings.